The number of piperidine rings is 1. The van der Waals surface area contributed by atoms with E-state index >= 15 is 0 Å². The molecule has 0 atom stereocenters. The molecule has 2 aliphatic rings. The number of amides is 2. The van der Waals surface area contributed by atoms with E-state index in [0.717, 1.165) is 16.5 Å². The van der Waals surface area contributed by atoms with Crippen molar-refractivity contribution in [1.82, 2.24) is 9.88 Å². The van der Waals surface area contributed by atoms with Crippen LogP contribution in [0.2, 0.25) is 0 Å². The first-order chi connectivity index (χ1) is 14.7. The molecule has 0 unspecified atom stereocenters. The molecular formula is C23H23N3O4. The summed E-state index contributed by atoms with van der Waals surface area (Å²) < 4.78 is 10.7. The lowest BCUT2D eigenvalue weighted by Gasteiger charge is -2.31. The standard InChI is InChI=1S/C23H23N3O4/c27-22(11-16-13-24-19-4-2-1-3-18(16)19)26-9-7-15(8-10-26)23(28)25-17-5-6-20-21(12-17)30-14-29-20/h1-6,12-13,15,24H,7-11,14H2,(H,25,28). The molecule has 2 amide bonds. The van der Waals surface area contributed by atoms with Crippen molar-refractivity contribution >= 4 is 28.4 Å². The van der Waals surface area contributed by atoms with Gasteiger partial charge in [-0.3, -0.25) is 9.59 Å². The molecule has 154 valence electrons. The highest BCUT2D eigenvalue weighted by Crippen LogP contribution is 2.34. The number of H-pyrrole nitrogens is 1. The van der Waals surface area contributed by atoms with Crippen molar-refractivity contribution in [3.63, 3.8) is 0 Å². The molecule has 7 nitrogen and oxygen atoms in total. The SMILES string of the molecule is O=C(Nc1ccc2c(c1)OCO2)C1CCN(C(=O)Cc2c[nH]c3ccccc23)CC1. The van der Waals surface area contributed by atoms with Gasteiger partial charge in [-0.2, -0.15) is 0 Å². The molecule has 0 bridgehead atoms. The number of fused-ring (bicyclic) bond motifs is 2. The molecule has 2 aliphatic heterocycles. The maximum Gasteiger partial charge on any atom is 0.231 e. The number of carbonyl (C=O) groups excluding carboxylic acids is 2. The minimum Gasteiger partial charge on any atom is -0.454 e. The van der Waals surface area contributed by atoms with Gasteiger partial charge in [-0.05, 0) is 36.6 Å². The first kappa shape index (κ1) is 18.5. The van der Waals surface area contributed by atoms with E-state index in [-0.39, 0.29) is 24.5 Å². The zero-order valence-corrected chi connectivity index (χ0v) is 16.5. The van der Waals surface area contributed by atoms with Gasteiger partial charge in [0.15, 0.2) is 11.5 Å². The van der Waals surface area contributed by atoms with Gasteiger partial charge in [0.25, 0.3) is 0 Å². The molecule has 2 N–H and O–H groups in total. The molecule has 5 rings (SSSR count). The van der Waals surface area contributed by atoms with Crippen molar-refractivity contribution in [2.45, 2.75) is 19.3 Å². The summed E-state index contributed by atoms with van der Waals surface area (Å²) in [4.78, 5) is 30.5. The second-order valence-corrected chi connectivity index (χ2v) is 7.75. The van der Waals surface area contributed by atoms with E-state index in [1.807, 2.05) is 41.4 Å². The summed E-state index contributed by atoms with van der Waals surface area (Å²) in [5.41, 5.74) is 2.75. The first-order valence-corrected chi connectivity index (χ1v) is 10.2. The van der Waals surface area contributed by atoms with E-state index in [1.165, 1.54) is 0 Å². The molecule has 0 spiro atoms. The van der Waals surface area contributed by atoms with Gasteiger partial charge >= 0.3 is 0 Å². The van der Waals surface area contributed by atoms with Crippen molar-refractivity contribution in [1.29, 1.82) is 0 Å². The predicted molar refractivity (Wildman–Crippen MR) is 113 cm³/mol. The molecule has 3 aromatic rings. The average Bonchev–Trinajstić information content (AvgIpc) is 3.40. The fourth-order valence-electron chi connectivity index (χ4n) is 4.16. The smallest absolute Gasteiger partial charge is 0.231 e. The third kappa shape index (κ3) is 3.58. The van der Waals surface area contributed by atoms with Gasteiger partial charge in [-0.1, -0.05) is 18.2 Å². The Labute approximate surface area is 174 Å². The Kier molecular flexibility index (Phi) is 4.78. The molecule has 30 heavy (non-hydrogen) atoms. The summed E-state index contributed by atoms with van der Waals surface area (Å²) in [5.74, 6) is 1.32. The Morgan fingerprint density at radius 2 is 1.87 bits per heavy atom. The second kappa shape index (κ2) is 7.74. The number of ether oxygens (including phenoxy) is 2. The van der Waals surface area contributed by atoms with Crippen LogP contribution in [0.3, 0.4) is 0 Å². The highest BCUT2D eigenvalue weighted by atomic mass is 16.7. The number of rotatable bonds is 4. The van der Waals surface area contributed by atoms with Crippen molar-refractivity contribution in [2.24, 2.45) is 5.92 Å². The molecule has 1 saturated heterocycles. The van der Waals surface area contributed by atoms with Crippen LogP contribution < -0.4 is 14.8 Å². The molecule has 1 fully saturated rings. The Hall–Kier alpha value is -3.48. The van der Waals surface area contributed by atoms with Crippen LogP contribution in [0.1, 0.15) is 18.4 Å². The number of aromatic nitrogens is 1. The van der Waals surface area contributed by atoms with Crippen LogP contribution in [-0.2, 0) is 16.0 Å². The summed E-state index contributed by atoms with van der Waals surface area (Å²) >= 11 is 0. The van der Waals surface area contributed by atoms with Crippen molar-refractivity contribution in [3.05, 3.63) is 54.2 Å². The number of aromatic amines is 1. The number of nitrogens with zero attached hydrogens (tertiary/aromatic N) is 1. The van der Waals surface area contributed by atoms with Gasteiger partial charge < -0.3 is 24.7 Å². The first-order valence-electron chi connectivity index (χ1n) is 10.2. The van der Waals surface area contributed by atoms with Crippen LogP contribution in [-0.4, -0.2) is 41.6 Å². The minimum atomic E-state index is -0.104. The van der Waals surface area contributed by atoms with Gasteiger partial charge in [0, 0.05) is 47.9 Å². The Bertz CT molecular complexity index is 1100. The third-order valence-electron chi connectivity index (χ3n) is 5.88. The quantitative estimate of drug-likeness (QED) is 0.698. The van der Waals surface area contributed by atoms with E-state index in [0.29, 0.717) is 49.5 Å². The normalized spacial score (nSPS) is 16.1. The summed E-state index contributed by atoms with van der Waals surface area (Å²) in [7, 11) is 0. The highest BCUT2D eigenvalue weighted by molar-refractivity contribution is 5.93. The number of nitrogens with one attached hydrogen (secondary N) is 2. The van der Waals surface area contributed by atoms with Gasteiger partial charge in [-0.25, -0.2) is 0 Å². The topological polar surface area (TPSA) is 83.7 Å². The monoisotopic (exact) mass is 405 g/mol. The van der Waals surface area contributed by atoms with Crippen LogP contribution in [0, 0.1) is 5.92 Å². The molecule has 0 radical (unpaired) electrons. The lowest BCUT2D eigenvalue weighted by molar-refractivity contribution is -0.133. The Morgan fingerprint density at radius 1 is 1.07 bits per heavy atom. The molecule has 0 saturated carbocycles. The van der Waals surface area contributed by atoms with Gasteiger partial charge in [0.1, 0.15) is 0 Å². The van der Waals surface area contributed by atoms with Crippen molar-refractivity contribution < 1.29 is 19.1 Å². The molecule has 0 aliphatic carbocycles. The van der Waals surface area contributed by atoms with E-state index in [2.05, 4.69) is 10.3 Å². The lowest BCUT2D eigenvalue weighted by Crippen LogP contribution is -2.42. The zero-order chi connectivity index (χ0) is 20.5. The predicted octanol–water partition coefficient (Wildman–Crippen LogP) is 3.32. The molecule has 7 heteroatoms. The van der Waals surface area contributed by atoms with E-state index in [1.54, 1.807) is 12.1 Å². The number of likely N-dealkylation sites (tertiary alicyclic amines) is 1. The van der Waals surface area contributed by atoms with Crippen LogP contribution in [0.5, 0.6) is 11.5 Å². The number of hydrogen-bond acceptors (Lipinski definition) is 4. The highest BCUT2D eigenvalue weighted by Gasteiger charge is 2.28. The number of carbonyl (C=O) groups is 2. The van der Waals surface area contributed by atoms with Crippen molar-refractivity contribution in [2.75, 3.05) is 25.2 Å². The second-order valence-electron chi connectivity index (χ2n) is 7.75. The lowest BCUT2D eigenvalue weighted by atomic mass is 9.95. The van der Waals surface area contributed by atoms with Crippen LogP contribution in [0.4, 0.5) is 5.69 Å². The summed E-state index contributed by atoms with van der Waals surface area (Å²) in [6.07, 6.45) is 3.61. The zero-order valence-electron chi connectivity index (χ0n) is 16.5. The Morgan fingerprint density at radius 3 is 2.73 bits per heavy atom. The van der Waals surface area contributed by atoms with Gasteiger partial charge in [0.2, 0.25) is 18.6 Å². The fourth-order valence-corrected chi connectivity index (χ4v) is 4.16. The molecule has 3 heterocycles. The largest absolute Gasteiger partial charge is 0.454 e. The van der Waals surface area contributed by atoms with Crippen LogP contribution in [0.15, 0.2) is 48.7 Å². The number of hydrogen-bond donors (Lipinski definition) is 2. The van der Waals surface area contributed by atoms with Crippen LogP contribution in [0.25, 0.3) is 10.9 Å². The number of para-hydroxylation sites is 1. The number of anilines is 1. The third-order valence-corrected chi connectivity index (χ3v) is 5.88. The van der Waals surface area contributed by atoms with Gasteiger partial charge in [-0.15, -0.1) is 0 Å². The maximum atomic E-state index is 12.8. The minimum absolute atomic E-state index is 0.0161. The van der Waals surface area contributed by atoms with Crippen molar-refractivity contribution in [3.8, 4) is 11.5 Å². The number of benzene rings is 2. The molecular weight excluding hydrogens is 382 g/mol. The van der Waals surface area contributed by atoms with Crippen LogP contribution >= 0.6 is 0 Å². The van der Waals surface area contributed by atoms with E-state index < -0.39 is 0 Å². The summed E-state index contributed by atoms with van der Waals surface area (Å²) in [5, 5.41) is 4.05. The fraction of sp³-hybridized carbons (Fsp3) is 0.304. The van der Waals surface area contributed by atoms with E-state index in [4.69, 9.17) is 9.47 Å². The van der Waals surface area contributed by atoms with Gasteiger partial charge in [0.05, 0.1) is 6.42 Å². The summed E-state index contributed by atoms with van der Waals surface area (Å²) in [6, 6.07) is 13.4. The maximum absolute atomic E-state index is 12.8. The molecule has 2 aromatic carbocycles. The average molecular weight is 405 g/mol. The Balaban J connectivity index is 1.16. The molecule has 1 aromatic heterocycles. The van der Waals surface area contributed by atoms with E-state index in [9.17, 15) is 9.59 Å². The summed E-state index contributed by atoms with van der Waals surface area (Å²) in [6.45, 7) is 1.40.